The van der Waals surface area contributed by atoms with Gasteiger partial charge in [0.1, 0.15) is 6.61 Å². The number of hydrogen-bond acceptors (Lipinski definition) is 4. The van der Waals surface area contributed by atoms with Crippen LogP contribution in [0.2, 0.25) is 0 Å². The number of anilines is 1. The lowest BCUT2D eigenvalue weighted by molar-refractivity contribution is -0.136. The zero-order valence-corrected chi connectivity index (χ0v) is 12.5. The zero-order valence-electron chi connectivity index (χ0n) is 12.5. The molecule has 0 spiro atoms. The van der Waals surface area contributed by atoms with E-state index in [4.69, 9.17) is 9.84 Å². The van der Waals surface area contributed by atoms with Gasteiger partial charge in [-0.1, -0.05) is 30.3 Å². The number of hydrogen-bond donors (Lipinski definition) is 1. The number of carbonyl (C=O) groups excluding carboxylic acids is 1. The number of amides is 1. The number of aliphatic carboxylic acids is 1. The second-order valence-corrected chi connectivity index (χ2v) is 5.32. The maximum Gasteiger partial charge on any atom is 0.416 e. The quantitative estimate of drug-likeness (QED) is 0.933. The molecule has 0 fully saturated rings. The van der Waals surface area contributed by atoms with Crippen LogP contribution in [0.1, 0.15) is 17.7 Å². The molecule has 120 valence electrons. The van der Waals surface area contributed by atoms with Gasteiger partial charge in [0.05, 0.1) is 18.3 Å². The molecule has 0 unspecified atom stereocenters. The molecule has 1 N–H and O–H groups in total. The van der Waals surface area contributed by atoms with Crippen LogP contribution in [-0.2, 0) is 29.1 Å². The number of fused-ring (bicyclic) bond motifs is 1. The van der Waals surface area contributed by atoms with Gasteiger partial charge in [-0.2, -0.15) is 0 Å². The van der Waals surface area contributed by atoms with Gasteiger partial charge in [-0.3, -0.25) is 4.79 Å². The van der Waals surface area contributed by atoms with Crippen LogP contribution in [0.4, 0.5) is 10.7 Å². The molecule has 0 saturated heterocycles. The molecule has 0 saturated carbocycles. The smallest absolute Gasteiger partial charge is 0.416 e. The van der Waals surface area contributed by atoms with Gasteiger partial charge in [-0.25, -0.2) is 14.7 Å². The summed E-state index contributed by atoms with van der Waals surface area (Å²) in [5.41, 5.74) is 1.50. The Morgan fingerprint density at radius 2 is 2.00 bits per heavy atom. The van der Waals surface area contributed by atoms with Crippen molar-refractivity contribution in [3.05, 3.63) is 47.8 Å². The number of aromatic nitrogens is 2. The Morgan fingerprint density at radius 3 is 2.74 bits per heavy atom. The van der Waals surface area contributed by atoms with Crippen molar-refractivity contribution in [1.82, 2.24) is 9.55 Å². The molecule has 1 aromatic heterocycles. The molecular weight excluding hydrogens is 298 g/mol. The highest BCUT2D eigenvalue weighted by molar-refractivity contribution is 5.86. The van der Waals surface area contributed by atoms with Gasteiger partial charge in [-0.15, -0.1) is 0 Å². The van der Waals surface area contributed by atoms with E-state index in [9.17, 15) is 9.59 Å². The predicted octanol–water partition coefficient (Wildman–Crippen LogP) is 2.06. The summed E-state index contributed by atoms with van der Waals surface area (Å²) in [6.07, 6.45) is 1.66. The average Bonchev–Trinajstić information content (AvgIpc) is 2.96. The van der Waals surface area contributed by atoms with Crippen LogP contribution in [0.5, 0.6) is 0 Å². The van der Waals surface area contributed by atoms with E-state index in [2.05, 4.69) is 4.98 Å². The third-order valence-electron chi connectivity index (χ3n) is 3.68. The van der Waals surface area contributed by atoms with Crippen molar-refractivity contribution in [2.75, 3.05) is 11.4 Å². The lowest BCUT2D eigenvalue weighted by atomic mass is 10.2. The number of carbonyl (C=O) groups is 2. The topological polar surface area (TPSA) is 84.7 Å². The fourth-order valence-electron chi connectivity index (χ4n) is 2.61. The molecule has 1 aromatic carbocycles. The summed E-state index contributed by atoms with van der Waals surface area (Å²) in [5, 5.41) is 8.93. The Hall–Kier alpha value is -2.83. The van der Waals surface area contributed by atoms with E-state index in [-0.39, 0.29) is 13.0 Å². The van der Waals surface area contributed by atoms with E-state index in [1.54, 1.807) is 4.57 Å². The molecule has 7 nitrogen and oxygen atoms in total. The number of benzene rings is 1. The fraction of sp³-hybridized carbons (Fsp3) is 0.312. The van der Waals surface area contributed by atoms with E-state index in [0.717, 1.165) is 12.0 Å². The zero-order chi connectivity index (χ0) is 16.2. The SMILES string of the molecule is O=C(O)Cc1cnc2n1CCCN2C(=O)OCc1ccccc1. The average molecular weight is 315 g/mol. The van der Waals surface area contributed by atoms with E-state index < -0.39 is 12.1 Å². The first-order valence-electron chi connectivity index (χ1n) is 7.39. The lowest BCUT2D eigenvalue weighted by Gasteiger charge is -2.27. The van der Waals surface area contributed by atoms with Crippen molar-refractivity contribution in [2.45, 2.75) is 26.0 Å². The molecule has 0 atom stereocenters. The molecule has 2 heterocycles. The van der Waals surface area contributed by atoms with Crippen LogP contribution in [0.15, 0.2) is 36.5 Å². The number of carboxylic acids is 1. The Bertz CT molecular complexity index is 711. The first-order chi connectivity index (χ1) is 11.1. The van der Waals surface area contributed by atoms with Crippen LogP contribution >= 0.6 is 0 Å². The fourth-order valence-corrected chi connectivity index (χ4v) is 2.61. The minimum atomic E-state index is -0.920. The molecular formula is C16H17N3O4. The molecule has 3 rings (SSSR count). The number of nitrogens with zero attached hydrogens (tertiary/aromatic N) is 3. The summed E-state index contributed by atoms with van der Waals surface area (Å²) in [4.78, 5) is 28.8. The Labute approximate surface area is 133 Å². The van der Waals surface area contributed by atoms with Gasteiger partial charge in [0.2, 0.25) is 5.95 Å². The van der Waals surface area contributed by atoms with Crippen molar-refractivity contribution in [3.63, 3.8) is 0 Å². The Morgan fingerprint density at radius 1 is 1.22 bits per heavy atom. The van der Waals surface area contributed by atoms with E-state index in [0.29, 0.717) is 24.7 Å². The largest absolute Gasteiger partial charge is 0.481 e. The lowest BCUT2D eigenvalue weighted by Crippen LogP contribution is -2.38. The molecule has 7 heteroatoms. The summed E-state index contributed by atoms with van der Waals surface area (Å²) < 4.78 is 7.10. The van der Waals surface area contributed by atoms with E-state index >= 15 is 0 Å². The number of ether oxygens (including phenoxy) is 1. The second kappa shape index (κ2) is 6.51. The summed E-state index contributed by atoms with van der Waals surface area (Å²) >= 11 is 0. The molecule has 1 amide bonds. The van der Waals surface area contributed by atoms with Crippen LogP contribution in [0.3, 0.4) is 0 Å². The van der Waals surface area contributed by atoms with Gasteiger partial charge in [0.25, 0.3) is 0 Å². The van der Waals surface area contributed by atoms with Gasteiger partial charge in [0, 0.05) is 13.1 Å². The van der Waals surface area contributed by atoms with Gasteiger partial charge < -0.3 is 14.4 Å². The number of rotatable bonds is 4. The first kappa shape index (κ1) is 15.1. The normalized spacial score (nSPS) is 13.5. The summed E-state index contributed by atoms with van der Waals surface area (Å²) in [6.45, 7) is 1.36. The second-order valence-electron chi connectivity index (χ2n) is 5.32. The number of carboxylic acid groups (broad SMARTS) is 1. The van der Waals surface area contributed by atoms with Crippen molar-refractivity contribution in [2.24, 2.45) is 0 Å². The Balaban J connectivity index is 1.71. The highest BCUT2D eigenvalue weighted by atomic mass is 16.6. The van der Waals surface area contributed by atoms with Gasteiger partial charge >= 0.3 is 12.1 Å². The van der Waals surface area contributed by atoms with E-state index in [1.165, 1.54) is 11.1 Å². The third kappa shape index (κ3) is 3.33. The van der Waals surface area contributed by atoms with Crippen LogP contribution < -0.4 is 4.90 Å². The monoisotopic (exact) mass is 315 g/mol. The summed E-state index contributed by atoms with van der Waals surface area (Å²) in [5.74, 6) is -0.470. The Kier molecular flexibility index (Phi) is 4.27. The highest BCUT2D eigenvalue weighted by Gasteiger charge is 2.27. The van der Waals surface area contributed by atoms with Crippen LogP contribution in [-0.4, -0.2) is 33.3 Å². The van der Waals surface area contributed by atoms with Crippen molar-refractivity contribution in [1.29, 1.82) is 0 Å². The number of imidazole rings is 1. The molecule has 1 aliphatic rings. The molecule has 1 aliphatic heterocycles. The van der Waals surface area contributed by atoms with Crippen LogP contribution in [0, 0.1) is 0 Å². The van der Waals surface area contributed by atoms with Crippen LogP contribution in [0.25, 0.3) is 0 Å². The maximum atomic E-state index is 12.3. The first-order valence-corrected chi connectivity index (χ1v) is 7.39. The minimum Gasteiger partial charge on any atom is -0.481 e. The predicted molar refractivity (Wildman–Crippen MR) is 82.2 cm³/mol. The summed E-state index contributed by atoms with van der Waals surface area (Å²) in [6, 6.07) is 9.44. The molecule has 0 bridgehead atoms. The van der Waals surface area contributed by atoms with Crippen molar-refractivity contribution < 1.29 is 19.4 Å². The van der Waals surface area contributed by atoms with Gasteiger partial charge in [0.15, 0.2) is 0 Å². The highest BCUT2D eigenvalue weighted by Crippen LogP contribution is 2.23. The molecule has 2 aromatic rings. The summed E-state index contributed by atoms with van der Waals surface area (Å²) in [7, 11) is 0. The van der Waals surface area contributed by atoms with Crippen molar-refractivity contribution >= 4 is 18.0 Å². The standard InChI is InChI=1S/C16H17N3O4/c20-14(21)9-13-10-17-15-18(13)7-4-8-19(15)16(22)23-11-12-5-2-1-3-6-12/h1-3,5-6,10H,4,7-9,11H2,(H,20,21). The minimum absolute atomic E-state index is 0.111. The molecule has 23 heavy (non-hydrogen) atoms. The van der Waals surface area contributed by atoms with E-state index in [1.807, 2.05) is 30.3 Å². The maximum absolute atomic E-state index is 12.3. The van der Waals surface area contributed by atoms with Crippen molar-refractivity contribution in [3.8, 4) is 0 Å². The van der Waals surface area contributed by atoms with Gasteiger partial charge in [-0.05, 0) is 12.0 Å². The molecule has 0 radical (unpaired) electrons. The molecule has 0 aliphatic carbocycles. The third-order valence-corrected chi connectivity index (χ3v) is 3.68.